The van der Waals surface area contributed by atoms with Gasteiger partial charge in [0.1, 0.15) is 0 Å². The molecule has 1 N–H and O–H groups in total. The van der Waals surface area contributed by atoms with Crippen LogP contribution in [0.15, 0.2) is 18.2 Å². The van der Waals surface area contributed by atoms with Crippen LogP contribution in [0, 0.1) is 0 Å². The molecule has 3 atom stereocenters. The predicted octanol–water partition coefficient (Wildman–Crippen LogP) is 2.36. The fourth-order valence-electron chi connectivity index (χ4n) is 4.67. The van der Waals surface area contributed by atoms with Crippen molar-refractivity contribution in [1.29, 1.82) is 0 Å². The summed E-state index contributed by atoms with van der Waals surface area (Å²) in [4.78, 5) is 17.5. The lowest BCUT2D eigenvalue weighted by atomic mass is 10.1. The molecular formula is C22H33N3O4. The van der Waals surface area contributed by atoms with E-state index in [2.05, 4.69) is 29.0 Å². The van der Waals surface area contributed by atoms with Crippen LogP contribution in [0.25, 0.3) is 0 Å². The molecule has 1 aromatic carbocycles. The number of hydrogen-bond donors (Lipinski definition) is 1. The summed E-state index contributed by atoms with van der Waals surface area (Å²) in [5, 5.41) is 3.03. The zero-order valence-electron chi connectivity index (χ0n) is 17.6. The Morgan fingerprint density at radius 3 is 2.66 bits per heavy atom. The van der Waals surface area contributed by atoms with Crippen LogP contribution in [0.1, 0.15) is 33.1 Å². The maximum absolute atomic E-state index is 12.7. The zero-order chi connectivity index (χ0) is 20.2. The van der Waals surface area contributed by atoms with Crippen molar-refractivity contribution in [3.63, 3.8) is 0 Å². The first kappa shape index (κ1) is 20.4. The minimum absolute atomic E-state index is 0.0232. The van der Waals surface area contributed by atoms with Gasteiger partial charge in [0.2, 0.25) is 5.91 Å². The van der Waals surface area contributed by atoms with E-state index in [1.807, 2.05) is 18.2 Å². The number of benzene rings is 1. The molecule has 0 aromatic heterocycles. The number of hydrogen-bond acceptors (Lipinski definition) is 6. The Morgan fingerprint density at radius 2 is 1.86 bits per heavy atom. The van der Waals surface area contributed by atoms with Crippen molar-refractivity contribution in [2.24, 2.45) is 0 Å². The average Bonchev–Trinajstić information content (AvgIpc) is 2.95. The lowest BCUT2D eigenvalue weighted by Crippen LogP contribution is -2.50. The summed E-state index contributed by atoms with van der Waals surface area (Å²) in [6, 6.07) is 6.04. The Labute approximate surface area is 173 Å². The number of ether oxygens (including phenoxy) is 3. The molecule has 1 aromatic rings. The molecular weight excluding hydrogens is 370 g/mol. The smallest absolute Gasteiger partial charge is 0.238 e. The lowest BCUT2D eigenvalue weighted by Gasteiger charge is -2.38. The summed E-state index contributed by atoms with van der Waals surface area (Å²) in [7, 11) is 0. The van der Waals surface area contributed by atoms with Gasteiger partial charge >= 0.3 is 0 Å². The molecule has 0 radical (unpaired) electrons. The molecule has 160 valence electrons. The average molecular weight is 404 g/mol. The van der Waals surface area contributed by atoms with Crippen molar-refractivity contribution in [2.45, 2.75) is 51.4 Å². The number of rotatable bonds is 5. The highest BCUT2D eigenvalue weighted by molar-refractivity contribution is 5.92. The van der Waals surface area contributed by atoms with Gasteiger partial charge in [0, 0.05) is 43.9 Å². The van der Waals surface area contributed by atoms with Gasteiger partial charge in [0.15, 0.2) is 11.5 Å². The number of anilines is 1. The maximum atomic E-state index is 12.7. The molecule has 4 rings (SSSR count). The molecule has 1 amide bonds. The van der Waals surface area contributed by atoms with Crippen molar-refractivity contribution in [3.8, 4) is 11.5 Å². The second kappa shape index (κ2) is 9.32. The van der Waals surface area contributed by atoms with Crippen LogP contribution < -0.4 is 14.8 Å². The van der Waals surface area contributed by atoms with Gasteiger partial charge < -0.3 is 19.5 Å². The molecule has 7 nitrogen and oxygen atoms in total. The molecule has 2 saturated heterocycles. The topological polar surface area (TPSA) is 63.3 Å². The number of likely N-dealkylation sites (tertiary alicyclic amines) is 1. The Kier molecular flexibility index (Phi) is 6.57. The summed E-state index contributed by atoms with van der Waals surface area (Å²) >= 11 is 0. The van der Waals surface area contributed by atoms with Crippen LogP contribution in [0.3, 0.4) is 0 Å². The van der Waals surface area contributed by atoms with E-state index in [-0.39, 0.29) is 18.1 Å². The van der Waals surface area contributed by atoms with Crippen LogP contribution >= 0.6 is 0 Å². The zero-order valence-corrected chi connectivity index (χ0v) is 17.6. The van der Waals surface area contributed by atoms with E-state index in [1.54, 1.807) is 0 Å². The fraction of sp³-hybridized carbons (Fsp3) is 0.682. The van der Waals surface area contributed by atoms with Gasteiger partial charge in [-0.25, -0.2) is 0 Å². The number of morpholine rings is 1. The molecule has 2 fully saturated rings. The lowest BCUT2D eigenvalue weighted by molar-refractivity contribution is -0.117. The monoisotopic (exact) mass is 403 g/mol. The number of amides is 1. The highest BCUT2D eigenvalue weighted by Crippen LogP contribution is 2.32. The van der Waals surface area contributed by atoms with Gasteiger partial charge in [-0.15, -0.1) is 0 Å². The number of nitrogens with zero attached hydrogens (tertiary/aromatic N) is 2. The third kappa shape index (κ3) is 5.41. The molecule has 0 aliphatic carbocycles. The first-order chi connectivity index (χ1) is 14.1. The van der Waals surface area contributed by atoms with Gasteiger partial charge in [-0.1, -0.05) is 0 Å². The molecule has 0 bridgehead atoms. The molecule has 0 spiro atoms. The van der Waals surface area contributed by atoms with Gasteiger partial charge in [0.05, 0.1) is 32.0 Å². The van der Waals surface area contributed by atoms with Gasteiger partial charge in [-0.3, -0.25) is 14.6 Å². The first-order valence-corrected chi connectivity index (χ1v) is 10.9. The van der Waals surface area contributed by atoms with E-state index < -0.39 is 0 Å². The van der Waals surface area contributed by atoms with Gasteiger partial charge in [0.25, 0.3) is 0 Å². The third-order valence-corrected chi connectivity index (χ3v) is 5.84. The normalized spacial score (nSPS) is 28.1. The Morgan fingerprint density at radius 1 is 1.10 bits per heavy atom. The molecule has 7 heteroatoms. The summed E-state index contributed by atoms with van der Waals surface area (Å²) in [6.45, 7) is 9.93. The predicted molar refractivity (Wildman–Crippen MR) is 112 cm³/mol. The van der Waals surface area contributed by atoms with E-state index in [0.717, 1.165) is 56.9 Å². The van der Waals surface area contributed by atoms with Crippen LogP contribution in [0.2, 0.25) is 0 Å². The molecule has 3 unspecified atom stereocenters. The highest BCUT2D eigenvalue weighted by atomic mass is 16.5. The van der Waals surface area contributed by atoms with Crippen molar-refractivity contribution < 1.29 is 19.0 Å². The summed E-state index contributed by atoms with van der Waals surface area (Å²) in [6.07, 6.45) is 3.72. The minimum atomic E-state index is 0.0232. The second-order valence-corrected chi connectivity index (χ2v) is 8.50. The molecule has 3 heterocycles. The van der Waals surface area contributed by atoms with Crippen molar-refractivity contribution in [2.75, 3.05) is 51.3 Å². The van der Waals surface area contributed by atoms with E-state index in [1.165, 1.54) is 0 Å². The Balaban J connectivity index is 1.31. The van der Waals surface area contributed by atoms with Crippen molar-refractivity contribution >= 4 is 11.6 Å². The van der Waals surface area contributed by atoms with E-state index in [0.29, 0.717) is 31.5 Å². The maximum Gasteiger partial charge on any atom is 0.238 e. The molecule has 3 aliphatic heterocycles. The largest absolute Gasteiger partial charge is 0.490 e. The molecule has 29 heavy (non-hydrogen) atoms. The molecule has 0 saturated carbocycles. The second-order valence-electron chi connectivity index (χ2n) is 8.50. The van der Waals surface area contributed by atoms with Crippen LogP contribution in [-0.4, -0.2) is 79.9 Å². The highest BCUT2D eigenvalue weighted by Gasteiger charge is 2.30. The summed E-state index contributed by atoms with van der Waals surface area (Å²) in [5.41, 5.74) is 0.755. The van der Waals surface area contributed by atoms with E-state index in [9.17, 15) is 4.79 Å². The number of carbonyl (C=O) groups excluding carboxylic acids is 1. The Hall–Kier alpha value is -1.83. The van der Waals surface area contributed by atoms with Crippen LogP contribution in [0.4, 0.5) is 5.69 Å². The van der Waals surface area contributed by atoms with Gasteiger partial charge in [-0.05, 0) is 45.4 Å². The first-order valence-electron chi connectivity index (χ1n) is 10.9. The van der Waals surface area contributed by atoms with Crippen LogP contribution in [-0.2, 0) is 9.53 Å². The number of carbonyl (C=O) groups is 1. The van der Waals surface area contributed by atoms with E-state index in [4.69, 9.17) is 14.2 Å². The third-order valence-electron chi connectivity index (χ3n) is 5.84. The summed E-state index contributed by atoms with van der Waals surface area (Å²) in [5.74, 6) is 1.47. The SMILES string of the molecule is CC1CN(CC2CCCN2CC(=O)Nc2ccc3c(c2)OCCCO3)CC(C)O1. The summed E-state index contributed by atoms with van der Waals surface area (Å²) < 4.78 is 17.2. The van der Waals surface area contributed by atoms with Crippen molar-refractivity contribution in [1.82, 2.24) is 9.80 Å². The Bertz CT molecular complexity index is 703. The quantitative estimate of drug-likeness (QED) is 0.814. The number of fused-ring (bicyclic) bond motifs is 1. The number of nitrogens with one attached hydrogen (secondary N) is 1. The minimum Gasteiger partial charge on any atom is -0.490 e. The van der Waals surface area contributed by atoms with E-state index >= 15 is 0 Å². The fourth-order valence-corrected chi connectivity index (χ4v) is 4.67. The standard InChI is InChI=1S/C22H33N3O4/c1-16-12-24(13-17(2)29-16)14-19-5-3-8-25(19)15-22(26)23-18-6-7-20-21(11-18)28-10-4-9-27-20/h6-7,11,16-17,19H,3-5,8-10,12-15H2,1-2H3,(H,23,26). The van der Waals surface area contributed by atoms with Crippen LogP contribution in [0.5, 0.6) is 11.5 Å². The molecule has 3 aliphatic rings. The van der Waals surface area contributed by atoms with Crippen molar-refractivity contribution in [3.05, 3.63) is 18.2 Å². The van der Waals surface area contributed by atoms with Gasteiger partial charge in [-0.2, -0.15) is 0 Å².